The first kappa shape index (κ1) is 15.1. The fourth-order valence-electron chi connectivity index (χ4n) is 3.19. The van der Waals surface area contributed by atoms with Gasteiger partial charge in [-0.15, -0.1) is 0 Å². The predicted octanol–water partition coefficient (Wildman–Crippen LogP) is 3.25. The number of hydrogen-bond acceptors (Lipinski definition) is 3. The number of ether oxygens (including phenoxy) is 1. The van der Waals surface area contributed by atoms with Crippen LogP contribution in [-0.2, 0) is 11.3 Å². The fraction of sp³-hybridized carbons (Fsp3) is 0.688. The highest BCUT2D eigenvalue weighted by Crippen LogP contribution is 2.27. The van der Waals surface area contributed by atoms with E-state index in [4.69, 9.17) is 4.74 Å². The first-order valence-corrected chi connectivity index (χ1v) is 7.74. The van der Waals surface area contributed by atoms with Crippen LogP contribution >= 0.6 is 0 Å². The zero-order valence-corrected chi connectivity index (χ0v) is 12.6. The summed E-state index contributed by atoms with van der Waals surface area (Å²) in [6.45, 7) is 3.03. The Balaban J connectivity index is 1.86. The molecule has 1 aromatic heterocycles. The number of aromatic amines is 1. The first-order chi connectivity index (χ1) is 9.74. The van der Waals surface area contributed by atoms with Crippen LogP contribution in [0.2, 0.25) is 0 Å². The number of methoxy groups -OCH3 is 1. The molecule has 0 amide bonds. The van der Waals surface area contributed by atoms with Crippen molar-refractivity contribution in [3.8, 4) is 0 Å². The number of aromatic nitrogens is 1. The summed E-state index contributed by atoms with van der Waals surface area (Å²) in [5, 5.41) is 3.64. The lowest BCUT2D eigenvalue weighted by Crippen LogP contribution is -2.36. The minimum atomic E-state index is -0.310. The SMILES string of the molecule is CCC(NCc1ccc(C(=O)OC)[nH]1)C1CCCCC1. The number of rotatable bonds is 6. The van der Waals surface area contributed by atoms with E-state index in [1.165, 1.54) is 39.2 Å². The van der Waals surface area contributed by atoms with Gasteiger partial charge in [-0.05, 0) is 37.3 Å². The van der Waals surface area contributed by atoms with Crippen molar-refractivity contribution in [3.63, 3.8) is 0 Å². The van der Waals surface area contributed by atoms with Crippen molar-refractivity contribution < 1.29 is 9.53 Å². The molecule has 4 heteroatoms. The Labute approximate surface area is 121 Å². The van der Waals surface area contributed by atoms with E-state index in [1.807, 2.05) is 6.07 Å². The van der Waals surface area contributed by atoms with Gasteiger partial charge in [-0.1, -0.05) is 26.2 Å². The minimum Gasteiger partial charge on any atom is -0.464 e. The fourth-order valence-corrected chi connectivity index (χ4v) is 3.19. The Bertz CT molecular complexity index is 422. The molecule has 0 aliphatic heterocycles. The zero-order valence-electron chi connectivity index (χ0n) is 12.6. The van der Waals surface area contributed by atoms with Crippen molar-refractivity contribution in [3.05, 3.63) is 23.5 Å². The summed E-state index contributed by atoms with van der Waals surface area (Å²) in [6, 6.07) is 4.32. The van der Waals surface area contributed by atoms with Gasteiger partial charge in [0.15, 0.2) is 0 Å². The third-order valence-electron chi connectivity index (χ3n) is 4.37. The molecule has 1 heterocycles. The molecule has 1 fully saturated rings. The van der Waals surface area contributed by atoms with E-state index >= 15 is 0 Å². The van der Waals surface area contributed by atoms with Gasteiger partial charge in [0, 0.05) is 18.3 Å². The van der Waals surface area contributed by atoms with Gasteiger partial charge in [-0.3, -0.25) is 0 Å². The highest BCUT2D eigenvalue weighted by atomic mass is 16.5. The molecule has 4 nitrogen and oxygen atoms in total. The van der Waals surface area contributed by atoms with E-state index in [1.54, 1.807) is 6.07 Å². The quantitative estimate of drug-likeness (QED) is 0.785. The van der Waals surface area contributed by atoms with Crippen molar-refractivity contribution >= 4 is 5.97 Å². The van der Waals surface area contributed by atoms with Crippen molar-refractivity contribution in [1.82, 2.24) is 10.3 Å². The molecule has 0 spiro atoms. The lowest BCUT2D eigenvalue weighted by atomic mass is 9.83. The number of esters is 1. The molecular formula is C16H26N2O2. The van der Waals surface area contributed by atoms with E-state index in [-0.39, 0.29) is 5.97 Å². The average molecular weight is 278 g/mol. The van der Waals surface area contributed by atoms with Gasteiger partial charge >= 0.3 is 5.97 Å². The Morgan fingerprint density at radius 2 is 2.15 bits per heavy atom. The first-order valence-electron chi connectivity index (χ1n) is 7.74. The standard InChI is InChI=1S/C16H26N2O2/c1-3-14(12-7-5-4-6-8-12)17-11-13-9-10-15(18-13)16(19)20-2/h9-10,12,14,17-18H,3-8,11H2,1-2H3. The molecule has 0 aromatic carbocycles. The van der Waals surface area contributed by atoms with Gasteiger partial charge in [-0.2, -0.15) is 0 Å². The van der Waals surface area contributed by atoms with Crippen LogP contribution in [0.3, 0.4) is 0 Å². The van der Waals surface area contributed by atoms with Crippen molar-refractivity contribution in [2.75, 3.05) is 7.11 Å². The van der Waals surface area contributed by atoms with Gasteiger partial charge in [0.05, 0.1) is 7.11 Å². The molecule has 0 radical (unpaired) electrons. The predicted molar refractivity (Wildman–Crippen MR) is 79.6 cm³/mol. The third-order valence-corrected chi connectivity index (χ3v) is 4.37. The van der Waals surface area contributed by atoms with Gasteiger partial charge < -0.3 is 15.0 Å². The summed E-state index contributed by atoms with van der Waals surface area (Å²) >= 11 is 0. The van der Waals surface area contributed by atoms with E-state index in [0.717, 1.165) is 24.6 Å². The molecule has 1 unspecified atom stereocenters. The normalized spacial score (nSPS) is 17.9. The largest absolute Gasteiger partial charge is 0.464 e. The highest BCUT2D eigenvalue weighted by molar-refractivity contribution is 5.87. The third kappa shape index (κ3) is 3.85. The van der Waals surface area contributed by atoms with Gasteiger partial charge in [-0.25, -0.2) is 4.79 Å². The summed E-state index contributed by atoms with van der Waals surface area (Å²) in [6.07, 6.45) is 8.00. The summed E-state index contributed by atoms with van der Waals surface area (Å²) in [5.74, 6) is 0.499. The summed E-state index contributed by atoms with van der Waals surface area (Å²) in [5.41, 5.74) is 1.56. The molecule has 0 bridgehead atoms. The maximum absolute atomic E-state index is 11.4. The van der Waals surface area contributed by atoms with Crippen LogP contribution in [0.25, 0.3) is 0 Å². The number of H-pyrrole nitrogens is 1. The molecule has 0 saturated heterocycles. The van der Waals surface area contributed by atoms with Crippen molar-refractivity contribution in [1.29, 1.82) is 0 Å². The second-order valence-corrected chi connectivity index (χ2v) is 5.68. The van der Waals surface area contributed by atoms with Crippen LogP contribution in [0.5, 0.6) is 0 Å². The van der Waals surface area contributed by atoms with E-state index in [9.17, 15) is 4.79 Å². The molecule has 1 aromatic rings. The molecule has 2 rings (SSSR count). The number of carbonyl (C=O) groups excluding carboxylic acids is 1. The second kappa shape index (κ2) is 7.48. The van der Waals surface area contributed by atoms with Crippen LogP contribution < -0.4 is 5.32 Å². The molecule has 1 atom stereocenters. The van der Waals surface area contributed by atoms with Crippen molar-refractivity contribution in [2.24, 2.45) is 5.92 Å². The average Bonchev–Trinajstić information content (AvgIpc) is 2.97. The monoisotopic (exact) mass is 278 g/mol. The zero-order chi connectivity index (χ0) is 14.4. The number of hydrogen-bond donors (Lipinski definition) is 2. The van der Waals surface area contributed by atoms with E-state index < -0.39 is 0 Å². The molecule has 2 N–H and O–H groups in total. The number of carbonyl (C=O) groups is 1. The Morgan fingerprint density at radius 1 is 1.40 bits per heavy atom. The summed E-state index contributed by atoms with van der Waals surface area (Å²) in [4.78, 5) is 14.5. The highest BCUT2D eigenvalue weighted by Gasteiger charge is 2.21. The second-order valence-electron chi connectivity index (χ2n) is 5.68. The topological polar surface area (TPSA) is 54.1 Å². The smallest absolute Gasteiger partial charge is 0.354 e. The lowest BCUT2D eigenvalue weighted by Gasteiger charge is -2.30. The molecule has 20 heavy (non-hydrogen) atoms. The van der Waals surface area contributed by atoms with Crippen LogP contribution in [-0.4, -0.2) is 24.1 Å². The van der Waals surface area contributed by atoms with Crippen LogP contribution in [0.1, 0.15) is 61.6 Å². The molecule has 1 aliphatic rings. The Hall–Kier alpha value is -1.29. The molecule has 112 valence electrons. The summed E-state index contributed by atoms with van der Waals surface area (Å²) in [7, 11) is 1.40. The molecular weight excluding hydrogens is 252 g/mol. The van der Waals surface area contributed by atoms with Gasteiger partial charge in [0.1, 0.15) is 5.69 Å². The number of nitrogens with one attached hydrogen (secondary N) is 2. The Kier molecular flexibility index (Phi) is 5.65. The summed E-state index contributed by atoms with van der Waals surface area (Å²) < 4.78 is 4.70. The molecule has 1 aliphatic carbocycles. The van der Waals surface area contributed by atoms with Crippen LogP contribution in [0.4, 0.5) is 0 Å². The van der Waals surface area contributed by atoms with Crippen molar-refractivity contribution in [2.45, 2.75) is 58.0 Å². The minimum absolute atomic E-state index is 0.310. The van der Waals surface area contributed by atoms with Gasteiger partial charge in [0.2, 0.25) is 0 Å². The lowest BCUT2D eigenvalue weighted by molar-refractivity contribution is 0.0594. The van der Waals surface area contributed by atoms with E-state index in [0.29, 0.717) is 11.7 Å². The molecule has 1 saturated carbocycles. The van der Waals surface area contributed by atoms with E-state index in [2.05, 4.69) is 17.2 Å². The maximum atomic E-state index is 11.4. The van der Waals surface area contributed by atoms with Crippen LogP contribution in [0, 0.1) is 5.92 Å². The maximum Gasteiger partial charge on any atom is 0.354 e. The van der Waals surface area contributed by atoms with Gasteiger partial charge in [0.25, 0.3) is 0 Å². The van der Waals surface area contributed by atoms with Crippen LogP contribution in [0.15, 0.2) is 12.1 Å². The Morgan fingerprint density at radius 3 is 2.80 bits per heavy atom.